The molecule has 0 spiro atoms. The maximum absolute atomic E-state index is 12.7. The fraction of sp³-hybridized carbons (Fsp3) is 0.227. The van der Waals surface area contributed by atoms with E-state index in [1.54, 1.807) is 22.7 Å². The Morgan fingerprint density at radius 1 is 1.04 bits per heavy atom. The van der Waals surface area contributed by atoms with Crippen molar-refractivity contribution in [2.75, 3.05) is 6.54 Å². The predicted octanol–water partition coefficient (Wildman–Crippen LogP) is 5.44. The second kappa shape index (κ2) is 8.73. The Morgan fingerprint density at radius 2 is 1.71 bits per heavy atom. The number of carbonyl (C=O) groups excluding carboxylic acids is 1. The number of amides is 1. The van der Waals surface area contributed by atoms with Gasteiger partial charge in [-0.25, -0.2) is 0 Å². The van der Waals surface area contributed by atoms with Crippen molar-refractivity contribution >= 4 is 39.5 Å². The summed E-state index contributed by atoms with van der Waals surface area (Å²) in [5.74, 6) is 0.777. The average Bonchev–Trinajstić information content (AvgIpc) is 3.43. The molecular weight excluding hydrogens is 388 g/mol. The lowest BCUT2D eigenvalue weighted by molar-refractivity contribution is -0.123. The van der Waals surface area contributed by atoms with E-state index < -0.39 is 0 Å². The minimum absolute atomic E-state index is 0.000989. The largest absolute Gasteiger partial charge is 0.459 e. The third-order valence-electron chi connectivity index (χ3n) is 4.54. The van der Waals surface area contributed by atoms with Gasteiger partial charge in [0.2, 0.25) is 5.91 Å². The van der Waals surface area contributed by atoms with Crippen molar-refractivity contribution in [3.05, 3.63) is 80.9 Å². The normalized spacial score (nSPS) is 12.5. The monoisotopic (exact) mass is 410 g/mol. The number of benzene rings is 1. The molecule has 6 heteroatoms. The lowest BCUT2D eigenvalue weighted by atomic mass is 10.2. The van der Waals surface area contributed by atoms with Crippen LogP contribution in [0.25, 0.3) is 11.0 Å². The van der Waals surface area contributed by atoms with Crippen molar-refractivity contribution in [2.45, 2.75) is 26.1 Å². The van der Waals surface area contributed by atoms with Gasteiger partial charge in [0.05, 0.1) is 12.6 Å². The lowest BCUT2D eigenvalue weighted by Crippen LogP contribution is -2.37. The molecule has 0 aliphatic heterocycles. The van der Waals surface area contributed by atoms with E-state index >= 15 is 0 Å². The summed E-state index contributed by atoms with van der Waals surface area (Å²) in [6, 6.07) is 18.0. The molecule has 4 rings (SSSR count). The number of para-hydroxylation sites is 1. The molecule has 1 amide bonds. The second-order valence-corrected chi connectivity index (χ2v) is 8.84. The number of hydrogen-bond acceptors (Lipinski definition) is 5. The lowest BCUT2D eigenvalue weighted by Gasteiger charge is -2.21. The van der Waals surface area contributed by atoms with E-state index in [1.807, 2.05) is 49.4 Å². The summed E-state index contributed by atoms with van der Waals surface area (Å²) in [4.78, 5) is 17.4. The van der Waals surface area contributed by atoms with Gasteiger partial charge in [0, 0.05) is 28.2 Å². The van der Waals surface area contributed by atoms with Crippen LogP contribution in [0.4, 0.5) is 0 Å². The molecule has 0 aliphatic carbocycles. The summed E-state index contributed by atoms with van der Waals surface area (Å²) < 4.78 is 5.88. The molecule has 3 heterocycles. The quantitative estimate of drug-likeness (QED) is 0.421. The number of nitrogens with zero attached hydrogens (tertiary/aromatic N) is 1. The molecule has 0 fully saturated rings. The van der Waals surface area contributed by atoms with Crippen LogP contribution in [0, 0.1) is 0 Å². The average molecular weight is 411 g/mol. The Labute approximate surface area is 172 Å². The van der Waals surface area contributed by atoms with Crippen LogP contribution in [0.2, 0.25) is 0 Å². The van der Waals surface area contributed by atoms with Crippen molar-refractivity contribution in [1.29, 1.82) is 0 Å². The maximum atomic E-state index is 12.7. The molecule has 144 valence electrons. The van der Waals surface area contributed by atoms with Gasteiger partial charge >= 0.3 is 0 Å². The van der Waals surface area contributed by atoms with Gasteiger partial charge in [-0.2, -0.15) is 0 Å². The highest BCUT2D eigenvalue weighted by atomic mass is 32.1. The number of hydrogen-bond donors (Lipinski definition) is 1. The molecule has 0 radical (unpaired) electrons. The summed E-state index contributed by atoms with van der Waals surface area (Å²) in [7, 11) is 0. The first-order valence-electron chi connectivity index (χ1n) is 9.22. The Balaban J connectivity index is 1.41. The molecule has 4 aromatic rings. The van der Waals surface area contributed by atoms with Gasteiger partial charge < -0.3 is 9.73 Å². The molecule has 1 N–H and O–H groups in total. The topological polar surface area (TPSA) is 45.5 Å². The molecule has 1 atom stereocenters. The Hall–Kier alpha value is -2.41. The van der Waals surface area contributed by atoms with Crippen molar-refractivity contribution < 1.29 is 9.21 Å². The standard InChI is InChI=1S/C22H22N2O2S2/c1-16(21-12-17-6-2-3-9-20(17)26-21)23-22(25)15-24(13-18-7-4-10-27-18)14-19-8-5-11-28-19/h2-12,16H,13-15H2,1H3,(H,23,25)/t16-/m0/s1. The van der Waals surface area contributed by atoms with Gasteiger partial charge in [0.25, 0.3) is 0 Å². The van der Waals surface area contributed by atoms with Gasteiger partial charge in [-0.3, -0.25) is 9.69 Å². The highest BCUT2D eigenvalue weighted by Crippen LogP contribution is 2.23. The van der Waals surface area contributed by atoms with Crippen molar-refractivity contribution in [1.82, 2.24) is 10.2 Å². The van der Waals surface area contributed by atoms with Gasteiger partial charge in [0.1, 0.15) is 11.3 Å². The first-order chi connectivity index (χ1) is 13.7. The summed E-state index contributed by atoms with van der Waals surface area (Å²) in [5, 5.41) is 8.27. The zero-order chi connectivity index (χ0) is 19.3. The van der Waals surface area contributed by atoms with Crippen molar-refractivity contribution in [3.8, 4) is 0 Å². The third-order valence-corrected chi connectivity index (χ3v) is 6.26. The predicted molar refractivity (Wildman–Crippen MR) is 116 cm³/mol. The van der Waals surface area contributed by atoms with Crippen LogP contribution in [-0.2, 0) is 17.9 Å². The van der Waals surface area contributed by atoms with Crippen LogP contribution >= 0.6 is 22.7 Å². The molecule has 0 aliphatic rings. The highest BCUT2D eigenvalue weighted by Gasteiger charge is 2.17. The van der Waals surface area contributed by atoms with Gasteiger partial charge in [0.15, 0.2) is 0 Å². The van der Waals surface area contributed by atoms with Crippen LogP contribution in [0.5, 0.6) is 0 Å². The molecule has 0 unspecified atom stereocenters. The Kier molecular flexibility index (Phi) is 5.90. The van der Waals surface area contributed by atoms with Crippen LogP contribution < -0.4 is 5.32 Å². The van der Waals surface area contributed by atoms with Crippen molar-refractivity contribution in [3.63, 3.8) is 0 Å². The van der Waals surface area contributed by atoms with Gasteiger partial charge in [-0.05, 0) is 41.9 Å². The van der Waals surface area contributed by atoms with Crippen LogP contribution in [0.1, 0.15) is 28.5 Å². The molecule has 4 nitrogen and oxygen atoms in total. The van der Waals surface area contributed by atoms with Crippen LogP contribution in [-0.4, -0.2) is 17.4 Å². The van der Waals surface area contributed by atoms with E-state index in [-0.39, 0.29) is 11.9 Å². The highest BCUT2D eigenvalue weighted by molar-refractivity contribution is 7.10. The number of furan rings is 1. The molecule has 0 saturated heterocycles. The summed E-state index contributed by atoms with van der Waals surface area (Å²) >= 11 is 3.44. The zero-order valence-corrected chi connectivity index (χ0v) is 17.3. The third kappa shape index (κ3) is 4.70. The summed E-state index contributed by atoms with van der Waals surface area (Å²) in [5.41, 5.74) is 0.843. The molecule has 0 bridgehead atoms. The van der Waals surface area contributed by atoms with E-state index in [2.05, 4.69) is 33.1 Å². The van der Waals surface area contributed by atoms with E-state index in [0.29, 0.717) is 6.54 Å². The van der Waals surface area contributed by atoms with E-state index in [4.69, 9.17) is 4.42 Å². The SMILES string of the molecule is C[C@H](NC(=O)CN(Cc1cccs1)Cc1cccs1)c1cc2ccccc2o1. The number of carbonyl (C=O) groups is 1. The fourth-order valence-corrected chi connectivity index (χ4v) is 4.68. The number of nitrogens with one attached hydrogen (secondary N) is 1. The van der Waals surface area contributed by atoms with Gasteiger partial charge in [-0.15, -0.1) is 22.7 Å². The first-order valence-corrected chi connectivity index (χ1v) is 11.0. The maximum Gasteiger partial charge on any atom is 0.234 e. The van der Waals surface area contributed by atoms with E-state index in [9.17, 15) is 4.79 Å². The fourth-order valence-electron chi connectivity index (χ4n) is 3.19. The second-order valence-electron chi connectivity index (χ2n) is 6.78. The first kappa shape index (κ1) is 18.9. The van der Waals surface area contributed by atoms with Crippen molar-refractivity contribution in [2.24, 2.45) is 0 Å². The van der Waals surface area contributed by atoms with Crippen LogP contribution in [0.15, 0.2) is 69.8 Å². The molecule has 0 saturated carbocycles. The van der Waals surface area contributed by atoms with E-state index in [0.717, 1.165) is 29.8 Å². The number of fused-ring (bicyclic) bond motifs is 1. The molecule has 3 aromatic heterocycles. The smallest absolute Gasteiger partial charge is 0.234 e. The Morgan fingerprint density at radius 3 is 2.32 bits per heavy atom. The van der Waals surface area contributed by atoms with Gasteiger partial charge in [-0.1, -0.05) is 30.3 Å². The van der Waals surface area contributed by atoms with E-state index in [1.165, 1.54) is 9.75 Å². The minimum Gasteiger partial charge on any atom is -0.459 e. The number of thiophene rings is 2. The van der Waals surface area contributed by atoms with Crippen LogP contribution in [0.3, 0.4) is 0 Å². The molecule has 28 heavy (non-hydrogen) atoms. The summed E-state index contributed by atoms with van der Waals surface area (Å²) in [6.45, 7) is 3.84. The Bertz CT molecular complexity index is 953. The summed E-state index contributed by atoms with van der Waals surface area (Å²) in [6.07, 6.45) is 0. The molecule has 1 aromatic carbocycles. The minimum atomic E-state index is -0.176. The number of rotatable bonds is 8. The zero-order valence-electron chi connectivity index (χ0n) is 15.6. The molecular formula is C22H22N2O2S2.